The first kappa shape index (κ1) is 11.3. The van der Waals surface area contributed by atoms with Crippen molar-refractivity contribution in [1.29, 1.82) is 0 Å². The first-order valence-corrected chi connectivity index (χ1v) is 5.35. The third-order valence-electron chi connectivity index (χ3n) is 2.06. The number of hydrogen-bond donors (Lipinski definition) is 1. The Bertz CT molecular complexity index is 508. The first-order valence-electron chi connectivity index (χ1n) is 4.59. The Hall–Kier alpha value is -1.17. The second-order valence-corrected chi connectivity index (χ2v) is 4.10. The highest BCUT2D eigenvalue weighted by molar-refractivity contribution is 6.43. The summed E-state index contributed by atoms with van der Waals surface area (Å²) >= 11 is 12.0. The molecule has 7 heteroatoms. The molecule has 5 nitrogen and oxygen atoms in total. The Balaban J connectivity index is 2.59. The molecule has 0 aliphatic carbocycles. The molecule has 84 valence electrons. The summed E-state index contributed by atoms with van der Waals surface area (Å²) in [4.78, 5) is 0. The summed E-state index contributed by atoms with van der Waals surface area (Å²) in [5.41, 5.74) is 6.36. The molecule has 0 saturated carbocycles. The van der Waals surface area contributed by atoms with Crippen molar-refractivity contribution in [1.82, 2.24) is 20.2 Å². The number of rotatable bonds is 2. The maximum Gasteiger partial charge on any atom is 0.173 e. The summed E-state index contributed by atoms with van der Waals surface area (Å²) in [5, 5.41) is 12.1. The van der Waals surface area contributed by atoms with Crippen molar-refractivity contribution in [3.63, 3.8) is 0 Å². The predicted octanol–water partition coefficient (Wildman–Crippen LogP) is 1.99. The van der Waals surface area contributed by atoms with Gasteiger partial charge in [-0.3, -0.25) is 0 Å². The minimum Gasteiger partial charge on any atom is -0.321 e. The zero-order valence-electron chi connectivity index (χ0n) is 8.43. The van der Waals surface area contributed by atoms with Gasteiger partial charge < -0.3 is 5.73 Å². The number of benzene rings is 1. The maximum atomic E-state index is 6.07. The van der Waals surface area contributed by atoms with Gasteiger partial charge in [-0.25, -0.2) is 0 Å². The van der Waals surface area contributed by atoms with Gasteiger partial charge in [0.05, 0.1) is 21.8 Å². The Morgan fingerprint density at radius 2 is 2.12 bits per heavy atom. The van der Waals surface area contributed by atoms with Crippen LogP contribution in [0.15, 0.2) is 18.2 Å². The second-order valence-electron chi connectivity index (χ2n) is 3.31. The van der Waals surface area contributed by atoms with E-state index in [1.165, 1.54) is 4.68 Å². The molecular weight excluding hydrogens is 249 g/mol. The van der Waals surface area contributed by atoms with Crippen LogP contribution in [0.25, 0.3) is 5.69 Å². The third-order valence-corrected chi connectivity index (χ3v) is 2.87. The molecule has 0 bridgehead atoms. The van der Waals surface area contributed by atoms with Crippen LogP contribution < -0.4 is 5.73 Å². The van der Waals surface area contributed by atoms with E-state index in [-0.39, 0.29) is 6.04 Å². The molecule has 0 fully saturated rings. The van der Waals surface area contributed by atoms with Crippen LogP contribution in [0.2, 0.25) is 10.0 Å². The Labute approximate surface area is 102 Å². The molecule has 1 unspecified atom stereocenters. The van der Waals surface area contributed by atoms with Crippen LogP contribution in [0, 0.1) is 0 Å². The molecule has 0 spiro atoms. The van der Waals surface area contributed by atoms with Crippen LogP contribution in [-0.4, -0.2) is 20.2 Å². The molecule has 1 heterocycles. The lowest BCUT2D eigenvalue weighted by Gasteiger charge is -2.08. The van der Waals surface area contributed by atoms with Crippen molar-refractivity contribution in [2.45, 2.75) is 13.0 Å². The van der Waals surface area contributed by atoms with Gasteiger partial charge in [0.1, 0.15) is 0 Å². The maximum absolute atomic E-state index is 6.07. The SMILES string of the molecule is CC(N)c1nnnn1-c1cccc(Cl)c1Cl. The Morgan fingerprint density at radius 1 is 1.38 bits per heavy atom. The van der Waals surface area contributed by atoms with Crippen LogP contribution in [0.1, 0.15) is 18.8 Å². The summed E-state index contributed by atoms with van der Waals surface area (Å²) in [6.07, 6.45) is 0. The number of hydrogen-bond acceptors (Lipinski definition) is 4. The number of tetrazole rings is 1. The molecule has 2 aromatic rings. The van der Waals surface area contributed by atoms with E-state index >= 15 is 0 Å². The summed E-state index contributed by atoms with van der Waals surface area (Å²) in [6, 6.07) is 4.96. The average Bonchev–Trinajstić information content (AvgIpc) is 2.70. The minimum absolute atomic E-state index is 0.287. The van der Waals surface area contributed by atoms with E-state index in [1.54, 1.807) is 25.1 Å². The molecule has 0 saturated heterocycles. The van der Waals surface area contributed by atoms with E-state index in [4.69, 9.17) is 28.9 Å². The normalized spacial score (nSPS) is 12.8. The van der Waals surface area contributed by atoms with Crippen LogP contribution in [0.3, 0.4) is 0 Å². The minimum atomic E-state index is -0.287. The molecule has 1 atom stereocenters. The second kappa shape index (κ2) is 4.37. The fraction of sp³-hybridized carbons (Fsp3) is 0.222. The van der Waals surface area contributed by atoms with Crippen molar-refractivity contribution in [2.24, 2.45) is 5.73 Å². The van der Waals surface area contributed by atoms with Gasteiger partial charge in [-0.1, -0.05) is 29.3 Å². The molecule has 16 heavy (non-hydrogen) atoms. The monoisotopic (exact) mass is 257 g/mol. The number of nitrogens with zero attached hydrogens (tertiary/aromatic N) is 4. The lowest BCUT2D eigenvalue weighted by atomic mass is 10.3. The molecule has 1 aromatic carbocycles. The molecule has 2 rings (SSSR count). The van der Waals surface area contributed by atoms with E-state index in [2.05, 4.69) is 15.5 Å². The van der Waals surface area contributed by atoms with Gasteiger partial charge in [-0.05, 0) is 29.5 Å². The van der Waals surface area contributed by atoms with Crippen molar-refractivity contribution < 1.29 is 0 Å². The van der Waals surface area contributed by atoms with Crippen LogP contribution in [0.5, 0.6) is 0 Å². The Kier molecular flexibility index (Phi) is 3.09. The summed E-state index contributed by atoms with van der Waals surface area (Å²) < 4.78 is 1.48. The van der Waals surface area contributed by atoms with Crippen LogP contribution in [-0.2, 0) is 0 Å². The van der Waals surface area contributed by atoms with Gasteiger partial charge in [0.25, 0.3) is 0 Å². The molecule has 0 radical (unpaired) electrons. The molecule has 0 aliphatic heterocycles. The lowest BCUT2D eigenvalue weighted by molar-refractivity contribution is 0.688. The number of aromatic nitrogens is 4. The number of nitrogens with two attached hydrogens (primary N) is 1. The number of halogens is 2. The summed E-state index contributed by atoms with van der Waals surface area (Å²) in [6.45, 7) is 1.79. The average molecular weight is 258 g/mol. The highest BCUT2D eigenvalue weighted by atomic mass is 35.5. The zero-order valence-corrected chi connectivity index (χ0v) is 9.94. The van der Waals surface area contributed by atoms with Crippen molar-refractivity contribution in [3.05, 3.63) is 34.1 Å². The smallest absolute Gasteiger partial charge is 0.173 e. The van der Waals surface area contributed by atoms with E-state index < -0.39 is 0 Å². The van der Waals surface area contributed by atoms with Gasteiger partial charge in [0, 0.05) is 0 Å². The molecular formula is C9H9Cl2N5. The molecule has 0 aliphatic rings. The van der Waals surface area contributed by atoms with Gasteiger partial charge >= 0.3 is 0 Å². The van der Waals surface area contributed by atoms with Gasteiger partial charge in [-0.2, -0.15) is 4.68 Å². The molecule has 2 N–H and O–H groups in total. The quantitative estimate of drug-likeness (QED) is 0.894. The Morgan fingerprint density at radius 3 is 2.81 bits per heavy atom. The summed E-state index contributed by atoms with van der Waals surface area (Å²) in [7, 11) is 0. The first-order chi connectivity index (χ1) is 7.61. The zero-order chi connectivity index (χ0) is 11.7. The standard InChI is InChI=1S/C9H9Cl2N5/c1-5(12)9-13-14-15-16(9)7-4-2-3-6(10)8(7)11/h2-5H,12H2,1H3. The van der Waals surface area contributed by atoms with Crippen molar-refractivity contribution in [2.75, 3.05) is 0 Å². The largest absolute Gasteiger partial charge is 0.321 e. The van der Waals surface area contributed by atoms with E-state index in [1.807, 2.05) is 0 Å². The van der Waals surface area contributed by atoms with Crippen molar-refractivity contribution >= 4 is 23.2 Å². The third kappa shape index (κ3) is 1.89. The van der Waals surface area contributed by atoms with Crippen LogP contribution in [0.4, 0.5) is 0 Å². The van der Waals surface area contributed by atoms with Crippen LogP contribution >= 0.6 is 23.2 Å². The highest BCUT2D eigenvalue weighted by Gasteiger charge is 2.15. The molecule has 0 amide bonds. The van der Waals surface area contributed by atoms with Gasteiger partial charge in [-0.15, -0.1) is 5.10 Å². The fourth-order valence-corrected chi connectivity index (χ4v) is 1.68. The topological polar surface area (TPSA) is 69.6 Å². The lowest BCUT2D eigenvalue weighted by Crippen LogP contribution is -2.13. The van der Waals surface area contributed by atoms with E-state index in [0.717, 1.165) is 0 Å². The highest BCUT2D eigenvalue weighted by Crippen LogP contribution is 2.28. The van der Waals surface area contributed by atoms with Crippen molar-refractivity contribution in [3.8, 4) is 5.69 Å². The van der Waals surface area contributed by atoms with E-state index in [0.29, 0.717) is 21.6 Å². The summed E-state index contributed by atoms with van der Waals surface area (Å²) in [5.74, 6) is 0.532. The van der Waals surface area contributed by atoms with Gasteiger partial charge in [0.15, 0.2) is 5.82 Å². The van der Waals surface area contributed by atoms with Gasteiger partial charge in [0.2, 0.25) is 0 Å². The van der Waals surface area contributed by atoms with E-state index in [9.17, 15) is 0 Å². The predicted molar refractivity (Wildman–Crippen MR) is 61.8 cm³/mol. The fourth-order valence-electron chi connectivity index (χ4n) is 1.31. The molecule has 1 aromatic heterocycles.